The van der Waals surface area contributed by atoms with Gasteiger partial charge in [-0.2, -0.15) is 0 Å². The summed E-state index contributed by atoms with van der Waals surface area (Å²) in [6, 6.07) is 10.6. The van der Waals surface area contributed by atoms with E-state index in [1.165, 1.54) is 16.0 Å². The van der Waals surface area contributed by atoms with E-state index in [0.717, 1.165) is 5.56 Å². The van der Waals surface area contributed by atoms with E-state index in [2.05, 4.69) is 53.3 Å². The first-order valence-electron chi connectivity index (χ1n) is 5.92. The number of carbonyl (C=O) groups is 1. The van der Waals surface area contributed by atoms with Crippen LogP contribution in [0.15, 0.2) is 35.7 Å². The molecule has 1 fully saturated rings. The SMILES string of the molecule is Cc1cc(-c2ccc(C3CNC(=O)N3)cc2)cs1. The first kappa shape index (κ1) is 11.3. The molecule has 92 valence electrons. The van der Waals surface area contributed by atoms with Crippen LogP contribution in [0.5, 0.6) is 0 Å². The molecule has 0 saturated carbocycles. The predicted octanol–water partition coefficient (Wildman–Crippen LogP) is 3.08. The Balaban J connectivity index is 1.83. The second-order valence-corrected chi connectivity index (χ2v) is 5.59. The second-order valence-electron chi connectivity index (χ2n) is 4.47. The first-order valence-corrected chi connectivity index (χ1v) is 6.80. The predicted molar refractivity (Wildman–Crippen MR) is 73.8 cm³/mol. The lowest BCUT2D eigenvalue weighted by Gasteiger charge is -2.09. The van der Waals surface area contributed by atoms with Crippen LogP contribution in [0, 0.1) is 6.92 Å². The number of urea groups is 1. The van der Waals surface area contributed by atoms with Crippen molar-refractivity contribution in [1.29, 1.82) is 0 Å². The second kappa shape index (κ2) is 4.46. The molecule has 0 spiro atoms. The van der Waals surface area contributed by atoms with E-state index in [-0.39, 0.29) is 12.1 Å². The molecule has 1 aliphatic rings. The number of nitrogens with one attached hydrogen (secondary N) is 2. The van der Waals surface area contributed by atoms with Gasteiger partial charge < -0.3 is 10.6 Å². The van der Waals surface area contributed by atoms with Gasteiger partial charge in [0, 0.05) is 11.4 Å². The lowest BCUT2D eigenvalue weighted by atomic mass is 10.0. The number of carbonyl (C=O) groups excluding carboxylic acids is 1. The van der Waals surface area contributed by atoms with Crippen molar-refractivity contribution in [2.45, 2.75) is 13.0 Å². The van der Waals surface area contributed by atoms with E-state index in [1.807, 2.05) is 0 Å². The van der Waals surface area contributed by atoms with Gasteiger partial charge >= 0.3 is 6.03 Å². The zero-order chi connectivity index (χ0) is 12.5. The van der Waals surface area contributed by atoms with Gasteiger partial charge in [-0.15, -0.1) is 11.3 Å². The molecule has 1 aromatic carbocycles. The third kappa shape index (κ3) is 2.11. The molecule has 18 heavy (non-hydrogen) atoms. The van der Waals surface area contributed by atoms with Crippen LogP contribution < -0.4 is 10.6 Å². The number of amides is 2. The zero-order valence-corrected chi connectivity index (χ0v) is 10.9. The van der Waals surface area contributed by atoms with E-state index >= 15 is 0 Å². The number of benzene rings is 1. The van der Waals surface area contributed by atoms with Crippen molar-refractivity contribution < 1.29 is 4.79 Å². The third-order valence-corrected chi connectivity index (χ3v) is 4.01. The molecule has 3 nitrogen and oxygen atoms in total. The molecule has 2 N–H and O–H groups in total. The van der Waals surface area contributed by atoms with E-state index < -0.39 is 0 Å². The normalized spacial score (nSPS) is 18.5. The Labute approximate surface area is 110 Å². The smallest absolute Gasteiger partial charge is 0.315 e. The molecule has 0 aliphatic carbocycles. The summed E-state index contributed by atoms with van der Waals surface area (Å²) in [4.78, 5) is 12.4. The van der Waals surface area contributed by atoms with Crippen LogP contribution in [0.2, 0.25) is 0 Å². The summed E-state index contributed by atoms with van der Waals surface area (Å²) in [5.74, 6) is 0. The molecule has 1 aromatic heterocycles. The van der Waals surface area contributed by atoms with Crippen LogP contribution in [-0.4, -0.2) is 12.6 Å². The summed E-state index contributed by atoms with van der Waals surface area (Å²) >= 11 is 1.76. The Bertz CT molecular complexity index is 574. The van der Waals surface area contributed by atoms with Gasteiger partial charge in [0.2, 0.25) is 0 Å². The van der Waals surface area contributed by atoms with Crippen LogP contribution in [0.4, 0.5) is 4.79 Å². The molecule has 2 amide bonds. The Morgan fingerprint density at radius 1 is 1.22 bits per heavy atom. The zero-order valence-electron chi connectivity index (χ0n) is 10.1. The number of hydrogen-bond donors (Lipinski definition) is 2. The number of aryl methyl sites for hydroxylation is 1. The van der Waals surface area contributed by atoms with Crippen LogP contribution in [-0.2, 0) is 0 Å². The fraction of sp³-hybridized carbons (Fsp3) is 0.214. The Hall–Kier alpha value is -1.81. The summed E-state index contributed by atoms with van der Waals surface area (Å²) in [7, 11) is 0. The fourth-order valence-corrected chi connectivity index (χ4v) is 2.87. The average Bonchev–Trinajstić information content (AvgIpc) is 2.98. The van der Waals surface area contributed by atoms with Gasteiger partial charge in [-0.05, 0) is 35.1 Å². The quantitative estimate of drug-likeness (QED) is 0.854. The molecule has 1 atom stereocenters. The van der Waals surface area contributed by atoms with Crippen LogP contribution >= 0.6 is 11.3 Å². The molecule has 1 saturated heterocycles. The van der Waals surface area contributed by atoms with Gasteiger partial charge in [0.05, 0.1) is 6.04 Å². The summed E-state index contributed by atoms with van der Waals surface area (Å²) < 4.78 is 0. The Morgan fingerprint density at radius 2 is 2.00 bits per heavy atom. The molecule has 4 heteroatoms. The Morgan fingerprint density at radius 3 is 2.56 bits per heavy atom. The van der Waals surface area contributed by atoms with Crippen molar-refractivity contribution in [2.75, 3.05) is 6.54 Å². The molecule has 0 bridgehead atoms. The number of rotatable bonds is 2. The lowest BCUT2D eigenvalue weighted by Crippen LogP contribution is -2.21. The molecule has 3 rings (SSSR count). The maximum Gasteiger partial charge on any atom is 0.315 e. The van der Waals surface area contributed by atoms with Gasteiger partial charge in [-0.1, -0.05) is 24.3 Å². The van der Waals surface area contributed by atoms with E-state index in [1.54, 1.807) is 11.3 Å². The van der Waals surface area contributed by atoms with Gasteiger partial charge in [-0.25, -0.2) is 4.79 Å². The topological polar surface area (TPSA) is 41.1 Å². The van der Waals surface area contributed by atoms with Crippen LogP contribution in [0.1, 0.15) is 16.5 Å². The van der Waals surface area contributed by atoms with Crippen molar-refractivity contribution in [3.63, 3.8) is 0 Å². The van der Waals surface area contributed by atoms with Crippen molar-refractivity contribution >= 4 is 17.4 Å². The molecule has 1 unspecified atom stereocenters. The fourth-order valence-electron chi connectivity index (χ4n) is 2.16. The van der Waals surface area contributed by atoms with Crippen molar-refractivity contribution in [2.24, 2.45) is 0 Å². The van der Waals surface area contributed by atoms with Crippen molar-refractivity contribution in [3.05, 3.63) is 46.2 Å². The molecule has 0 radical (unpaired) electrons. The highest BCUT2D eigenvalue weighted by Crippen LogP contribution is 2.26. The third-order valence-electron chi connectivity index (χ3n) is 3.15. The standard InChI is InChI=1S/C14H14N2OS/c1-9-6-12(8-18-9)10-2-4-11(5-3-10)13-7-15-14(17)16-13/h2-6,8,13H,7H2,1H3,(H2,15,16,17). The lowest BCUT2D eigenvalue weighted by molar-refractivity contribution is 0.247. The summed E-state index contributed by atoms with van der Waals surface area (Å²) in [5.41, 5.74) is 3.63. The summed E-state index contributed by atoms with van der Waals surface area (Å²) in [6.45, 7) is 2.78. The van der Waals surface area contributed by atoms with Crippen molar-refractivity contribution in [3.8, 4) is 11.1 Å². The molecule has 2 aromatic rings. The minimum atomic E-state index is -0.0856. The maximum atomic E-state index is 11.1. The highest BCUT2D eigenvalue weighted by molar-refractivity contribution is 7.10. The maximum absolute atomic E-state index is 11.1. The van der Waals surface area contributed by atoms with Gasteiger partial charge in [0.25, 0.3) is 0 Å². The van der Waals surface area contributed by atoms with E-state index in [9.17, 15) is 4.79 Å². The molecular weight excluding hydrogens is 244 g/mol. The number of thiophene rings is 1. The minimum absolute atomic E-state index is 0.0856. The monoisotopic (exact) mass is 258 g/mol. The number of hydrogen-bond acceptors (Lipinski definition) is 2. The van der Waals surface area contributed by atoms with Crippen LogP contribution in [0.3, 0.4) is 0 Å². The summed E-state index contributed by atoms with van der Waals surface area (Å²) in [6.07, 6.45) is 0. The van der Waals surface area contributed by atoms with Crippen molar-refractivity contribution in [1.82, 2.24) is 10.6 Å². The first-order chi connectivity index (χ1) is 8.72. The Kier molecular flexibility index (Phi) is 2.80. The minimum Gasteiger partial charge on any atom is -0.336 e. The van der Waals surface area contributed by atoms with Gasteiger partial charge in [0.15, 0.2) is 0 Å². The van der Waals surface area contributed by atoms with E-state index in [4.69, 9.17) is 0 Å². The highest BCUT2D eigenvalue weighted by Gasteiger charge is 2.21. The molecular formula is C14H14N2OS. The molecule has 1 aliphatic heterocycles. The van der Waals surface area contributed by atoms with Gasteiger partial charge in [-0.3, -0.25) is 0 Å². The van der Waals surface area contributed by atoms with E-state index in [0.29, 0.717) is 6.54 Å². The largest absolute Gasteiger partial charge is 0.336 e. The molecule has 2 heterocycles. The summed E-state index contributed by atoms with van der Waals surface area (Å²) in [5, 5.41) is 7.82. The highest BCUT2D eigenvalue weighted by atomic mass is 32.1. The van der Waals surface area contributed by atoms with Gasteiger partial charge in [0.1, 0.15) is 0 Å². The van der Waals surface area contributed by atoms with Crippen LogP contribution in [0.25, 0.3) is 11.1 Å². The average molecular weight is 258 g/mol.